The van der Waals surface area contributed by atoms with Crippen LogP contribution in [0.15, 0.2) is 50.8 Å². The molecule has 5 rings (SSSR count). The number of amides is 1. The van der Waals surface area contributed by atoms with Crippen molar-refractivity contribution in [2.24, 2.45) is 0 Å². The van der Waals surface area contributed by atoms with E-state index >= 15 is 0 Å². The van der Waals surface area contributed by atoms with Gasteiger partial charge in [-0.15, -0.1) is 0 Å². The summed E-state index contributed by atoms with van der Waals surface area (Å²) < 4.78 is 7.36. The van der Waals surface area contributed by atoms with Gasteiger partial charge in [-0.1, -0.05) is 30.0 Å². The third-order valence-corrected chi connectivity index (χ3v) is 7.96. The number of hydrogen-bond acceptors (Lipinski definition) is 9. The van der Waals surface area contributed by atoms with Crippen LogP contribution in [0.5, 0.6) is 0 Å². The molecule has 10 nitrogen and oxygen atoms in total. The summed E-state index contributed by atoms with van der Waals surface area (Å²) in [6.07, 6.45) is 6.68. The van der Waals surface area contributed by atoms with Gasteiger partial charge in [0.05, 0.1) is 23.3 Å². The van der Waals surface area contributed by atoms with Crippen molar-refractivity contribution in [3.05, 3.63) is 68.9 Å². The molecule has 0 aromatic carbocycles. The zero-order valence-corrected chi connectivity index (χ0v) is 25.6. The molecule has 0 spiro atoms. The number of carboxylic acids is 1. The SMILES string of the molecule is CC(=O)O.Cc1ccc2nc(NC3CC(C)(C)NC(C)(C)C3)c(/C=C3\SC(=S)N(Cc4ccco4)C3=O)c(=O)n2c1. The number of thioether (sulfide) groups is 1. The van der Waals surface area contributed by atoms with Crippen LogP contribution in [0.3, 0.4) is 0 Å². The minimum absolute atomic E-state index is 0.0864. The van der Waals surface area contributed by atoms with E-state index in [-0.39, 0.29) is 35.1 Å². The van der Waals surface area contributed by atoms with Gasteiger partial charge in [0.15, 0.2) is 0 Å². The van der Waals surface area contributed by atoms with Crippen molar-refractivity contribution in [2.75, 3.05) is 5.32 Å². The Morgan fingerprint density at radius 1 is 1.24 bits per heavy atom. The Balaban J connectivity index is 0.000000909. The van der Waals surface area contributed by atoms with Crippen molar-refractivity contribution >= 4 is 57.7 Å². The number of nitrogens with one attached hydrogen (secondary N) is 2. The monoisotopic (exact) mass is 597 g/mol. The number of furan rings is 1. The van der Waals surface area contributed by atoms with Crippen LogP contribution in [-0.2, 0) is 16.1 Å². The Morgan fingerprint density at radius 3 is 2.51 bits per heavy atom. The summed E-state index contributed by atoms with van der Waals surface area (Å²) >= 11 is 6.67. The summed E-state index contributed by atoms with van der Waals surface area (Å²) in [5.74, 6) is 0.0258. The maximum Gasteiger partial charge on any atom is 0.300 e. The molecule has 0 unspecified atom stereocenters. The predicted octanol–water partition coefficient (Wildman–Crippen LogP) is 4.81. The number of piperidine rings is 1. The zero-order chi connectivity index (χ0) is 30.1. The van der Waals surface area contributed by atoms with Gasteiger partial charge in [0.1, 0.15) is 21.5 Å². The van der Waals surface area contributed by atoms with Crippen LogP contribution in [0.4, 0.5) is 5.82 Å². The highest BCUT2D eigenvalue weighted by molar-refractivity contribution is 8.26. The van der Waals surface area contributed by atoms with Crippen LogP contribution in [0, 0.1) is 6.92 Å². The molecule has 0 atom stereocenters. The largest absolute Gasteiger partial charge is 0.481 e. The van der Waals surface area contributed by atoms with Crippen LogP contribution >= 0.6 is 24.0 Å². The Kier molecular flexibility index (Phi) is 8.76. The Morgan fingerprint density at radius 2 is 1.90 bits per heavy atom. The highest BCUT2D eigenvalue weighted by atomic mass is 32.2. The number of pyridine rings is 1. The molecule has 0 saturated carbocycles. The first-order chi connectivity index (χ1) is 19.1. The number of fused-ring (bicyclic) bond motifs is 1. The minimum atomic E-state index is -0.833. The Hall–Kier alpha value is -3.48. The maximum atomic E-state index is 13.8. The number of carbonyl (C=O) groups is 2. The van der Waals surface area contributed by atoms with Gasteiger partial charge in [0, 0.05) is 30.2 Å². The smallest absolute Gasteiger partial charge is 0.300 e. The fourth-order valence-corrected chi connectivity index (χ4v) is 6.68. The molecule has 2 fully saturated rings. The molecule has 0 radical (unpaired) electrons. The first kappa shape index (κ1) is 30.5. The molecular weight excluding hydrogens is 562 g/mol. The van der Waals surface area contributed by atoms with Crippen LogP contribution in [0.25, 0.3) is 11.7 Å². The lowest BCUT2D eigenvalue weighted by Crippen LogP contribution is -2.60. The van der Waals surface area contributed by atoms with Crippen LogP contribution in [0.1, 0.15) is 64.3 Å². The summed E-state index contributed by atoms with van der Waals surface area (Å²) in [5, 5.41) is 14.7. The summed E-state index contributed by atoms with van der Waals surface area (Å²) in [4.78, 5) is 42.8. The number of thiocarbonyl (C=S) groups is 1. The third-order valence-electron chi connectivity index (χ3n) is 6.58. The summed E-state index contributed by atoms with van der Waals surface area (Å²) in [5.41, 5.74) is 1.42. The molecule has 0 aliphatic carbocycles. The molecule has 12 heteroatoms. The van der Waals surface area contributed by atoms with Gasteiger partial charge >= 0.3 is 0 Å². The number of aliphatic carboxylic acids is 1. The van der Waals surface area contributed by atoms with Gasteiger partial charge in [-0.05, 0) is 77.3 Å². The third kappa shape index (κ3) is 7.43. The van der Waals surface area contributed by atoms with E-state index in [0.29, 0.717) is 32.0 Å². The molecule has 3 aromatic rings. The van der Waals surface area contributed by atoms with Crippen LogP contribution < -0.4 is 16.2 Å². The molecule has 2 aliphatic heterocycles. The molecule has 2 aliphatic rings. The number of aryl methyl sites for hydroxylation is 1. The van der Waals surface area contributed by atoms with E-state index < -0.39 is 5.97 Å². The normalized spacial score (nSPS) is 19.4. The molecule has 41 heavy (non-hydrogen) atoms. The molecular formula is C29H35N5O5S2. The highest BCUT2D eigenvalue weighted by Crippen LogP contribution is 2.35. The first-order valence-corrected chi connectivity index (χ1v) is 14.4. The van der Waals surface area contributed by atoms with E-state index in [1.165, 1.54) is 21.1 Å². The van der Waals surface area contributed by atoms with E-state index in [0.717, 1.165) is 25.3 Å². The van der Waals surface area contributed by atoms with Gasteiger partial charge in [0.25, 0.3) is 17.4 Å². The van der Waals surface area contributed by atoms with Crippen molar-refractivity contribution in [1.82, 2.24) is 19.6 Å². The van der Waals surface area contributed by atoms with Crippen LogP contribution in [-0.4, -0.2) is 52.7 Å². The maximum absolute atomic E-state index is 13.8. The van der Waals surface area contributed by atoms with Gasteiger partial charge < -0.3 is 20.2 Å². The summed E-state index contributed by atoms with van der Waals surface area (Å²) in [7, 11) is 0. The lowest BCUT2D eigenvalue weighted by atomic mass is 9.79. The minimum Gasteiger partial charge on any atom is -0.481 e. The number of anilines is 1. The topological polar surface area (TPSA) is 129 Å². The Bertz CT molecular complexity index is 1560. The van der Waals surface area contributed by atoms with Crippen molar-refractivity contribution in [3.8, 4) is 0 Å². The second-order valence-corrected chi connectivity index (χ2v) is 13.3. The number of hydrogen-bond donors (Lipinski definition) is 3. The van der Waals surface area contributed by atoms with E-state index in [9.17, 15) is 9.59 Å². The second kappa shape index (κ2) is 11.8. The van der Waals surface area contributed by atoms with Crippen molar-refractivity contribution in [3.63, 3.8) is 0 Å². The molecule has 0 bridgehead atoms. The molecule has 3 aromatic heterocycles. The number of nitrogens with zero attached hydrogens (tertiary/aromatic N) is 3. The molecule has 3 N–H and O–H groups in total. The van der Waals surface area contributed by atoms with E-state index in [4.69, 9.17) is 31.5 Å². The highest BCUT2D eigenvalue weighted by Gasteiger charge is 2.38. The Labute approximate surface area is 248 Å². The number of carboxylic acid groups (broad SMARTS) is 1. The zero-order valence-electron chi connectivity index (χ0n) is 24.0. The lowest BCUT2D eigenvalue weighted by molar-refractivity contribution is -0.134. The van der Waals surface area contributed by atoms with E-state index in [1.807, 2.05) is 19.1 Å². The fourth-order valence-electron chi connectivity index (χ4n) is 5.44. The summed E-state index contributed by atoms with van der Waals surface area (Å²) in [6.45, 7) is 12.0. The van der Waals surface area contributed by atoms with Crippen molar-refractivity contribution in [2.45, 2.75) is 78.0 Å². The lowest BCUT2D eigenvalue weighted by Gasteiger charge is -2.46. The van der Waals surface area contributed by atoms with Crippen LogP contribution in [0.2, 0.25) is 0 Å². The average molecular weight is 598 g/mol. The van der Waals surface area contributed by atoms with Gasteiger partial charge in [-0.25, -0.2) is 4.98 Å². The van der Waals surface area contributed by atoms with Gasteiger partial charge in [-0.3, -0.25) is 23.7 Å². The molecule has 218 valence electrons. The number of rotatable bonds is 5. The van der Waals surface area contributed by atoms with Gasteiger partial charge in [0.2, 0.25) is 0 Å². The number of aromatic nitrogens is 2. The van der Waals surface area contributed by atoms with Crippen molar-refractivity contribution in [1.29, 1.82) is 0 Å². The summed E-state index contributed by atoms with van der Waals surface area (Å²) in [6, 6.07) is 7.43. The molecule has 1 amide bonds. The standard InChI is InChI=1S/C27H31N5O3S2.C2H4O2/c1-16-8-9-21-29-22(28-17-12-26(2,3)30-27(4,5)13-17)19(23(33)31(21)14-16)11-20-24(34)32(25(36)37-20)15-18-7-6-10-35-18;1-2(3)4/h6-11,14,17,28,30H,12-13,15H2,1-5H3;1H3,(H,3,4)/b20-11-;. The number of carbonyl (C=O) groups excluding carboxylic acids is 1. The van der Waals surface area contributed by atoms with E-state index in [2.05, 4.69) is 38.3 Å². The second-order valence-electron chi connectivity index (χ2n) is 11.6. The quantitative estimate of drug-likeness (QED) is 0.278. The van der Waals surface area contributed by atoms with Crippen molar-refractivity contribution < 1.29 is 19.1 Å². The molecule has 5 heterocycles. The van der Waals surface area contributed by atoms with E-state index in [1.54, 1.807) is 30.7 Å². The first-order valence-electron chi connectivity index (χ1n) is 13.2. The average Bonchev–Trinajstić information content (AvgIpc) is 3.44. The fraction of sp³-hybridized carbons (Fsp3) is 0.414. The predicted molar refractivity (Wildman–Crippen MR) is 165 cm³/mol. The molecule has 2 saturated heterocycles. The van der Waals surface area contributed by atoms with Gasteiger partial charge in [-0.2, -0.15) is 0 Å².